The molecule has 3 atom stereocenters. The fourth-order valence-electron chi connectivity index (χ4n) is 0.902. The summed E-state index contributed by atoms with van der Waals surface area (Å²) in [6, 6.07) is 0. The molecule has 1 aliphatic rings. The molecule has 0 amide bonds. The Balaban J connectivity index is 2.87. The lowest BCUT2D eigenvalue weighted by Crippen LogP contribution is -2.29. The van der Waals surface area contributed by atoms with Crippen molar-refractivity contribution in [3.8, 4) is 0 Å². The normalized spacial score (nSPS) is 33.2. The summed E-state index contributed by atoms with van der Waals surface area (Å²) in [7, 11) is -1.20. The van der Waals surface area contributed by atoms with Crippen LogP contribution in [0.3, 0.4) is 0 Å². The molecule has 0 bridgehead atoms. The molecule has 0 fully saturated rings. The van der Waals surface area contributed by atoms with Crippen LogP contribution in [0, 0.1) is 0 Å². The summed E-state index contributed by atoms with van der Waals surface area (Å²) >= 11 is 0. The lowest BCUT2D eigenvalue weighted by atomic mass is 10.1. The lowest BCUT2D eigenvalue weighted by molar-refractivity contribution is 0.0766. The molecule has 3 nitrogen and oxygen atoms in total. The van der Waals surface area contributed by atoms with Gasteiger partial charge >= 0.3 is 0 Å². The molecule has 0 aromatic carbocycles. The maximum atomic E-state index is 10.9. The highest BCUT2D eigenvalue weighted by Crippen LogP contribution is 2.15. The van der Waals surface area contributed by atoms with Gasteiger partial charge in [-0.25, -0.2) is 0 Å². The van der Waals surface area contributed by atoms with Gasteiger partial charge in [0.1, 0.15) is 12.2 Å². The zero-order chi connectivity index (χ0) is 8.43. The Morgan fingerprint density at radius 2 is 2.18 bits per heavy atom. The van der Waals surface area contributed by atoms with Gasteiger partial charge in [0.05, 0.1) is 0 Å². The summed E-state index contributed by atoms with van der Waals surface area (Å²) < 4.78 is 10.9. The quantitative estimate of drug-likeness (QED) is 0.565. The lowest BCUT2D eigenvalue weighted by Gasteiger charge is -2.18. The van der Waals surface area contributed by atoms with Crippen molar-refractivity contribution in [1.29, 1.82) is 0 Å². The minimum atomic E-state index is -1.20. The van der Waals surface area contributed by atoms with E-state index < -0.39 is 23.0 Å². The SMILES string of the molecule is CS(=O)C1=CC=C[C@H](O)[C@@H]1O. The highest BCUT2D eigenvalue weighted by atomic mass is 32.2. The highest BCUT2D eigenvalue weighted by molar-refractivity contribution is 7.88. The molecule has 1 unspecified atom stereocenters. The summed E-state index contributed by atoms with van der Waals surface area (Å²) in [6.45, 7) is 0. The molecule has 0 heterocycles. The van der Waals surface area contributed by atoms with Crippen molar-refractivity contribution in [3.05, 3.63) is 23.1 Å². The topological polar surface area (TPSA) is 57.5 Å². The standard InChI is InChI=1S/C7H10O3S/c1-11(10)6-4-2-3-5(8)7(6)9/h2-5,7-9H,1H3/t5-,7-,11?/m0/s1. The van der Waals surface area contributed by atoms with Gasteiger partial charge in [-0.1, -0.05) is 12.2 Å². The van der Waals surface area contributed by atoms with Crippen molar-refractivity contribution in [2.75, 3.05) is 6.26 Å². The van der Waals surface area contributed by atoms with Crippen LogP contribution in [0.15, 0.2) is 23.1 Å². The Morgan fingerprint density at radius 3 is 2.64 bits per heavy atom. The molecule has 62 valence electrons. The van der Waals surface area contributed by atoms with Gasteiger partial charge in [-0.2, -0.15) is 0 Å². The largest absolute Gasteiger partial charge is 0.386 e. The predicted octanol–water partition coefficient (Wildman–Crippen LogP) is -0.460. The number of rotatable bonds is 1. The summed E-state index contributed by atoms with van der Waals surface area (Å²) in [4.78, 5) is 0.375. The van der Waals surface area contributed by atoms with Crippen LogP contribution < -0.4 is 0 Å². The molecule has 2 N–H and O–H groups in total. The Labute approximate surface area is 67.5 Å². The number of allylic oxidation sites excluding steroid dienone is 2. The molecule has 4 heteroatoms. The molecule has 0 saturated heterocycles. The minimum absolute atomic E-state index is 0.375. The monoisotopic (exact) mass is 174 g/mol. The van der Waals surface area contributed by atoms with E-state index in [0.29, 0.717) is 4.91 Å². The van der Waals surface area contributed by atoms with E-state index in [-0.39, 0.29) is 0 Å². The van der Waals surface area contributed by atoms with Gasteiger partial charge in [-0.3, -0.25) is 4.21 Å². The molecule has 0 saturated carbocycles. The van der Waals surface area contributed by atoms with Gasteiger partial charge < -0.3 is 10.2 Å². The molecule has 0 aliphatic heterocycles. The molecule has 0 radical (unpaired) electrons. The third-order valence-corrected chi connectivity index (χ3v) is 2.56. The van der Waals surface area contributed by atoms with E-state index in [4.69, 9.17) is 5.11 Å². The molecule has 1 rings (SSSR count). The van der Waals surface area contributed by atoms with E-state index in [0.717, 1.165) is 0 Å². The van der Waals surface area contributed by atoms with Gasteiger partial charge in [0.25, 0.3) is 0 Å². The van der Waals surface area contributed by atoms with Crippen LogP contribution in [0.5, 0.6) is 0 Å². The molecule has 11 heavy (non-hydrogen) atoms. The van der Waals surface area contributed by atoms with E-state index in [2.05, 4.69) is 0 Å². The third kappa shape index (κ3) is 1.77. The van der Waals surface area contributed by atoms with Gasteiger partial charge in [-0.05, 0) is 6.08 Å². The minimum Gasteiger partial charge on any atom is -0.386 e. The third-order valence-electron chi connectivity index (χ3n) is 1.52. The van der Waals surface area contributed by atoms with Gasteiger partial charge in [0.2, 0.25) is 0 Å². The average molecular weight is 174 g/mol. The van der Waals surface area contributed by atoms with E-state index in [9.17, 15) is 9.32 Å². The van der Waals surface area contributed by atoms with Crippen LogP contribution in [0.2, 0.25) is 0 Å². The molecular formula is C7H10O3S. The van der Waals surface area contributed by atoms with E-state index >= 15 is 0 Å². The maximum absolute atomic E-state index is 10.9. The fourth-order valence-corrected chi connectivity index (χ4v) is 1.65. The number of hydrogen-bond acceptors (Lipinski definition) is 3. The van der Waals surface area contributed by atoms with Crippen molar-refractivity contribution in [3.63, 3.8) is 0 Å². The number of hydrogen-bond donors (Lipinski definition) is 2. The Hall–Kier alpha value is -0.450. The zero-order valence-electron chi connectivity index (χ0n) is 6.10. The van der Waals surface area contributed by atoms with Gasteiger partial charge in [0.15, 0.2) is 0 Å². The zero-order valence-corrected chi connectivity index (χ0v) is 6.91. The van der Waals surface area contributed by atoms with Crippen LogP contribution in [0.25, 0.3) is 0 Å². The smallest absolute Gasteiger partial charge is 0.117 e. The summed E-state index contributed by atoms with van der Waals surface area (Å²) in [5, 5.41) is 18.3. The summed E-state index contributed by atoms with van der Waals surface area (Å²) in [5.74, 6) is 0. The molecule has 0 aromatic rings. The van der Waals surface area contributed by atoms with Crippen LogP contribution >= 0.6 is 0 Å². The second kappa shape index (κ2) is 3.30. The van der Waals surface area contributed by atoms with Gasteiger partial charge in [0, 0.05) is 22.0 Å². The average Bonchev–Trinajstić information content (AvgIpc) is 1.94. The predicted molar refractivity (Wildman–Crippen MR) is 43.3 cm³/mol. The van der Waals surface area contributed by atoms with E-state index in [1.807, 2.05) is 0 Å². The Kier molecular flexibility index (Phi) is 2.59. The van der Waals surface area contributed by atoms with Gasteiger partial charge in [-0.15, -0.1) is 0 Å². The summed E-state index contributed by atoms with van der Waals surface area (Å²) in [6.07, 6.45) is 4.16. The first-order valence-electron chi connectivity index (χ1n) is 3.21. The van der Waals surface area contributed by atoms with E-state index in [1.54, 1.807) is 12.2 Å². The van der Waals surface area contributed by atoms with Crippen molar-refractivity contribution in [2.24, 2.45) is 0 Å². The fraction of sp³-hybridized carbons (Fsp3) is 0.429. The summed E-state index contributed by atoms with van der Waals surface area (Å²) in [5.41, 5.74) is 0. The Morgan fingerprint density at radius 1 is 1.55 bits per heavy atom. The van der Waals surface area contributed by atoms with Crippen LogP contribution in [-0.2, 0) is 10.8 Å². The number of aliphatic hydroxyl groups is 2. The van der Waals surface area contributed by atoms with Crippen LogP contribution in [0.1, 0.15) is 0 Å². The highest BCUT2D eigenvalue weighted by Gasteiger charge is 2.22. The molecule has 0 spiro atoms. The van der Waals surface area contributed by atoms with Crippen molar-refractivity contribution < 1.29 is 14.4 Å². The first-order chi connectivity index (χ1) is 5.13. The maximum Gasteiger partial charge on any atom is 0.117 e. The van der Waals surface area contributed by atoms with Crippen molar-refractivity contribution in [1.82, 2.24) is 0 Å². The van der Waals surface area contributed by atoms with E-state index in [1.165, 1.54) is 12.3 Å². The molecular weight excluding hydrogens is 164 g/mol. The Bertz CT molecular complexity index is 232. The first-order valence-corrected chi connectivity index (χ1v) is 4.76. The molecule has 1 aliphatic carbocycles. The first kappa shape index (κ1) is 8.64. The van der Waals surface area contributed by atoms with Crippen LogP contribution in [-0.4, -0.2) is 32.9 Å². The second-order valence-corrected chi connectivity index (χ2v) is 3.72. The molecule has 0 aromatic heterocycles. The second-order valence-electron chi connectivity index (χ2n) is 2.34. The van der Waals surface area contributed by atoms with Crippen molar-refractivity contribution in [2.45, 2.75) is 12.2 Å². The van der Waals surface area contributed by atoms with Crippen molar-refractivity contribution >= 4 is 10.8 Å². The van der Waals surface area contributed by atoms with Crippen LogP contribution in [0.4, 0.5) is 0 Å². The number of aliphatic hydroxyl groups excluding tert-OH is 2.